The number of anilines is 1. The molecule has 0 saturated heterocycles. The standard InChI is InChI=1S/C20H15N3O3/c1-12(24)10-14-11-18(25)23(20(14)26)15-8-6-13(7-9-15)19-21-16-4-2-3-5-17(16)22-19/h2-9,11H,10H2,1H3,(H,21,22). The van der Waals surface area contributed by atoms with Crippen LogP contribution >= 0.6 is 0 Å². The molecule has 2 amide bonds. The van der Waals surface area contributed by atoms with Gasteiger partial charge in [-0.05, 0) is 43.3 Å². The van der Waals surface area contributed by atoms with Gasteiger partial charge in [-0.15, -0.1) is 0 Å². The number of nitrogens with one attached hydrogen (secondary N) is 1. The number of fused-ring (bicyclic) bond motifs is 1. The predicted molar refractivity (Wildman–Crippen MR) is 97.4 cm³/mol. The summed E-state index contributed by atoms with van der Waals surface area (Å²) in [5.74, 6) is -0.309. The summed E-state index contributed by atoms with van der Waals surface area (Å²) in [6, 6.07) is 14.7. The molecule has 0 spiro atoms. The number of hydrogen-bond donors (Lipinski definition) is 1. The zero-order valence-corrected chi connectivity index (χ0v) is 14.0. The second-order valence-corrected chi connectivity index (χ2v) is 6.18. The Morgan fingerprint density at radius 2 is 1.81 bits per heavy atom. The minimum absolute atomic E-state index is 0.0296. The number of aromatic nitrogens is 2. The highest BCUT2D eigenvalue weighted by Gasteiger charge is 2.32. The molecule has 26 heavy (non-hydrogen) atoms. The Morgan fingerprint density at radius 1 is 1.08 bits per heavy atom. The largest absolute Gasteiger partial charge is 0.338 e. The normalized spacial score (nSPS) is 14.2. The maximum absolute atomic E-state index is 12.4. The first-order valence-corrected chi connectivity index (χ1v) is 8.16. The molecule has 2 heterocycles. The molecule has 1 N–H and O–H groups in total. The van der Waals surface area contributed by atoms with Gasteiger partial charge in [-0.25, -0.2) is 9.88 Å². The maximum atomic E-state index is 12.4. The van der Waals surface area contributed by atoms with Gasteiger partial charge in [-0.1, -0.05) is 12.1 Å². The number of ketones is 1. The van der Waals surface area contributed by atoms with Crippen LogP contribution in [0.1, 0.15) is 13.3 Å². The highest BCUT2D eigenvalue weighted by molar-refractivity contribution is 6.31. The highest BCUT2D eigenvalue weighted by atomic mass is 16.2. The molecule has 0 fully saturated rings. The summed E-state index contributed by atoms with van der Waals surface area (Å²) < 4.78 is 0. The molecule has 0 radical (unpaired) electrons. The molecule has 0 bridgehead atoms. The van der Waals surface area contributed by atoms with Crippen LogP contribution in [0, 0.1) is 0 Å². The van der Waals surface area contributed by atoms with Crippen LogP contribution in [0.3, 0.4) is 0 Å². The van der Waals surface area contributed by atoms with Crippen LogP contribution in [0.15, 0.2) is 60.2 Å². The van der Waals surface area contributed by atoms with Crippen LogP contribution < -0.4 is 4.90 Å². The Labute approximate surface area is 149 Å². The lowest BCUT2D eigenvalue weighted by Gasteiger charge is -2.15. The van der Waals surface area contributed by atoms with E-state index >= 15 is 0 Å². The third-order valence-corrected chi connectivity index (χ3v) is 4.22. The Morgan fingerprint density at radius 3 is 2.50 bits per heavy atom. The van der Waals surface area contributed by atoms with Crippen molar-refractivity contribution in [1.29, 1.82) is 0 Å². The van der Waals surface area contributed by atoms with Gasteiger partial charge in [0.05, 0.1) is 16.7 Å². The minimum atomic E-state index is -0.443. The van der Waals surface area contributed by atoms with Gasteiger partial charge in [0.1, 0.15) is 11.6 Å². The number of nitrogens with zero attached hydrogens (tertiary/aromatic N) is 2. The van der Waals surface area contributed by atoms with Gasteiger partial charge in [0, 0.05) is 23.6 Å². The number of imidazole rings is 1. The van der Waals surface area contributed by atoms with Crippen molar-refractivity contribution < 1.29 is 14.4 Å². The number of carbonyl (C=O) groups excluding carboxylic acids is 3. The predicted octanol–water partition coefficient (Wildman–Crippen LogP) is 3.01. The van der Waals surface area contributed by atoms with Crippen LogP contribution in [0.4, 0.5) is 5.69 Å². The number of benzene rings is 2. The number of para-hydroxylation sites is 2. The Kier molecular flexibility index (Phi) is 3.73. The smallest absolute Gasteiger partial charge is 0.261 e. The van der Waals surface area contributed by atoms with E-state index < -0.39 is 11.8 Å². The third-order valence-electron chi connectivity index (χ3n) is 4.22. The molecule has 3 aromatic rings. The second-order valence-electron chi connectivity index (χ2n) is 6.18. The Bertz CT molecular complexity index is 1040. The van der Waals surface area contributed by atoms with Gasteiger partial charge >= 0.3 is 0 Å². The molecule has 1 aliphatic rings. The fraction of sp³-hybridized carbons (Fsp3) is 0.100. The number of aromatic amines is 1. The van der Waals surface area contributed by atoms with Crippen molar-refractivity contribution in [3.63, 3.8) is 0 Å². The van der Waals surface area contributed by atoms with E-state index in [1.165, 1.54) is 13.0 Å². The summed E-state index contributed by atoms with van der Waals surface area (Å²) in [4.78, 5) is 44.6. The molecule has 1 aliphatic heterocycles. The molecule has 6 heteroatoms. The van der Waals surface area contributed by atoms with Crippen molar-refractivity contribution >= 4 is 34.3 Å². The lowest BCUT2D eigenvalue weighted by atomic mass is 10.1. The summed E-state index contributed by atoms with van der Waals surface area (Å²) in [5, 5.41) is 0. The van der Waals surface area contributed by atoms with E-state index in [2.05, 4.69) is 9.97 Å². The Hall–Kier alpha value is -3.54. The van der Waals surface area contributed by atoms with Gasteiger partial charge in [-0.2, -0.15) is 0 Å². The minimum Gasteiger partial charge on any atom is -0.338 e. The summed E-state index contributed by atoms with van der Waals surface area (Å²) in [7, 11) is 0. The lowest BCUT2D eigenvalue weighted by Crippen LogP contribution is -2.31. The molecule has 0 atom stereocenters. The van der Waals surface area contributed by atoms with E-state index in [0.717, 1.165) is 21.5 Å². The van der Waals surface area contributed by atoms with Crippen LogP contribution in [0.2, 0.25) is 0 Å². The van der Waals surface area contributed by atoms with Crippen molar-refractivity contribution in [2.45, 2.75) is 13.3 Å². The van der Waals surface area contributed by atoms with E-state index in [9.17, 15) is 14.4 Å². The van der Waals surface area contributed by atoms with Crippen LogP contribution in [-0.4, -0.2) is 27.6 Å². The van der Waals surface area contributed by atoms with Crippen LogP contribution in [0.25, 0.3) is 22.4 Å². The van der Waals surface area contributed by atoms with Crippen LogP contribution in [-0.2, 0) is 14.4 Å². The molecule has 6 nitrogen and oxygen atoms in total. The molecule has 0 unspecified atom stereocenters. The number of rotatable bonds is 4. The number of imide groups is 1. The van der Waals surface area contributed by atoms with Crippen LogP contribution in [0.5, 0.6) is 0 Å². The fourth-order valence-electron chi connectivity index (χ4n) is 3.02. The van der Waals surface area contributed by atoms with Gasteiger partial charge < -0.3 is 4.98 Å². The summed E-state index contributed by atoms with van der Waals surface area (Å²) in [6.07, 6.45) is 1.20. The number of amides is 2. The summed E-state index contributed by atoms with van der Waals surface area (Å²) >= 11 is 0. The van der Waals surface area contributed by atoms with Gasteiger partial charge in [0.15, 0.2) is 0 Å². The van der Waals surface area contributed by atoms with E-state index in [4.69, 9.17) is 0 Å². The van der Waals surface area contributed by atoms with E-state index in [1.54, 1.807) is 24.3 Å². The van der Waals surface area contributed by atoms with Gasteiger partial charge in [0.2, 0.25) is 0 Å². The fourth-order valence-corrected chi connectivity index (χ4v) is 3.02. The monoisotopic (exact) mass is 345 g/mol. The molecule has 0 aliphatic carbocycles. The topological polar surface area (TPSA) is 83.1 Å². The van der Waals surface area contributed by atoms with Crippen molar-refractivity contribution in [2.24, 2.45) is 0 Å². The lowest BCUT2D eigenvalue weighted by molar-refractivity contribution is -0.122. The molecule has 0 saturated carbocycles. The third kappa shape index (κ3) is 2.71. The molecule has 4 rings (SSSR count). The first kappa shape index (κ1) is 16.0. The Balaban J connectivity index is 1.61. The number of Topliss-reactive ketones (excluding diaryl/α,β-unsaturated/α-hetero) is 1. The van der Waals surface area contributed by atoms with Crippen molar-refractivity contribution in [3.05, 3.63) is 60.2 Å². The zero-order valence-electron chi connectivity index (χ0n) is 14.0. The van der Waals surface area contributed by atoms with Gasteiger partial charge in [-0.3, -0.25) is 14.4 Å². The van der Waals surface area contributed by atoms with Crippen molar-refractivity contribution in [1.82, 2.24) is 9.97 Å². The second kappa shape index (κ2) is 6.07. The SMILES string of the molecule is CC(=O)CC1=CC(=O)N(c2ccc(-c3nc4ccccc4[nH]3)cc2)C1=O. The summed E-state index contributed by atoms with van der Waals surface area (Å²) in [5.41, 5.74) is 3.35. The average Bonchev–Trinajstić information content (AvgIpc) is 3.16. The van der Waals surface area contributed by atoms with Gasteiger partial charge in [0.25, 0.3) is 11.8 Å². The molecule has 128 valence electrons. The number of hydrogen-bond acceptors (Lipinski definition) is 4. The zero-order chi connectivity index (χ0) is 18.3. The first-order chi connectivity index (χ1) is 12.5. The number of carbonyl (C=O) groups is 3. The quantitative estimate of drug-likeness (QED) is 0.737. The highest BCUT2D eigenvalue weighted by Crippen LogP contribution is 2.27. The number of H-pyrrole nitrogens is 1. The van der Waals surface area contributed by atoms with Crippen molar-refractivity contribution in [3.8, 4) is 11.4 Å². The molecule has 1 aromatic heterocycles. The van der Waals surface area contributed by atoms with E-state index in [0.29, 0.717) is 11.5 Å². The average molecular weight is 345 g/mol. The molecular weight excluding hydrogens is 330 g/mol. The molecular formula is C20H15N3O3. The maximum Gasteiger partial charge on any atom is 0.261 e. The first-order valence-electron chi connectivity index (χ1n) is 8.16. The molecule has 2 aromatic carbocycles. The summed E-state index contributed by atoms with van der Waals surface area (Å²) in [6.45, 7) is 1.39. The van der Waals surface area contributed by atoms with E-state index in [-0.39, 0.29) is 17.8 Å². The van der Waals surface area contributed by atoms with Crippen molar-refractivity contribution in [2.75, 3.05) is 4.90 Å². The van der Waals surface area contributed by atoms with E-state index in [1.807, 2.05) is 24.3 Å².